The molecule has 0 radical (unpaired) electrons. The number of nitrogens with zero attached hydrogens (tertiary/aromatic N) is 1. The Morgan fingerprint density at radius 1 is 1.00 bits per heavy atom. The van der Waals surface area contributed by atoms with Gasteiger partial charge in [-0.05, 0) is 37.1 Å². The molecule has 1 aliphatic heterocycles. The largest absolute Gasteiger partial charge is 0.461 e. The summed E-state index contributed by atoms with van der Waals surface area (Å²) in [5.41, 5.74) is -0.181. The number of halogens is 1. The summed E-state index contributed by atoms with van der Waals surface area (Å²) in [4.78, 5) is 63.4. The van der Waals surface area contributed by atoms with Crippen LogP contribution in [0.3, 0.4) is 0 Å². The Hall–Kier alpha value is -3.92. The molecule has 0 atom stereocenters. The molecule has 1 saturated heterocycles. The monoisotopic (exact) mass is 515 g/mol. The van der Waals surface area contributed by atoms with Gasteiger partial charge in [-0.1, -0.05) is 18.0 Å². The molecular formula is C25H22ClNO9. The van der Waals surface area contributed by atoms with Gasteiger partial charge in [-0.3, -0.25) is 14.4 Å². The summed E-state index contributed by atoms with van der Waals surface area (Å²) in [5, 5.41) is 1.27. The summed E-state index contributed by atoms with van der Waals surface area (Å²) in [6, 6.07) is 7.94. The topological polar surface area (TPSA) is 133 Å². The molecule has 0 spiro atoms. The Morgan fingerprint density at radius 2 is 1.75 bits per heavy atom. The Bertz CT molecular complexity index is 1390. The van der Waals surface area contributed by atoms with Crippen LogP contribution < -0.4 is 10.4 Å². The minimum Gasteiger partial charge on any atom is -0.461 e. The number of benzene rings is 1. The van der Waals surface area contributed by atoms with Crippen molar-refractivity contribution < 1.29 is 37.6 Å². The van der Waals surface area contributed by atoms with E-state index in [1.54, 1.807) is 18.2 Å². The summed E-state index contributed by atoms with van der Waals surface area (Å²) < 4.78 is 16.2. The van der Waals surface area contributed by atoms with Crippen LogP contribution in [0.5, 0.6) is 5.75 Å². The minimum atomic E-state index is -0.623. The van der Waals surface area contributed by atoms with Crippen molar-refractivity contribution in [3.8, 4) is 17.1 Å². The second-order valence-electron chi connectivity index (χ2n) is 8.23. The van der Waals surface area contributed by atoms with Crippen LogP contribution in [-0.2, 0) is 30.4 Å². The maximum absolute atomic E-state index is 12.5. The molecule has 0 unspecified atom stereocenters. The molecular weight excluding hydrogens is 494 g/mol. The summed E-state index contributed by atoms with van der Waals surface area (Å²) in [7, 11) is 0. The van der Waals surface area contributed by atoms with Crippen molar-refractivity contribution in [1.82, 2.24) is 5.06 Å². The lowest BCUT2D eigenvalue weighted by molar-refractivity contribution is -0.197. The zero-order chi connectivity index (χ0) is 25.8. The van der Waals surface area contributed by atoms with Crippen LogP contribution in [0, 0.1) is 0 Å². The highest BCUT2D eigenvalue weighted by Gasteiger charge is 2.32. The molecule has 1 aliphatic rings. The van der Waals surface area contributed by atoms with Crippen molar-refractivity contribution in [3.63, 3.8) is 0 Å². The number of hydroxylamine groups is 2. The molecule has 10 nitrogen and oxygen atoms in total. The van der Waals surface area contributed by atoms with E-state index in [9.17, 15) is 24.0 Å². The van der Waals surface area contributed by atoms with E-state index in [1.807, 2.05) is 0 Å². The first kappa shape index (κ1) is 25.2. The maximum atomic E-state index is 12.5. The van der Waals surface area contributed by atoms with E-state index in [4.69, 9.17) is 30.0 Å². The number of imide groups is 1. The predicted molar refractivity (Wildman–Crippen MR) is 126 cm³/mol. The van der Waals surface area contributed by atoms with Crippen molar-refractivity contribution in [2.75, 3.05) is 0 Å². The van der Waals surface area contributed by atoms with E-state index in [0.717, 1.165) is 0 Å². The van der Waals surface area contributed by atoms with Crippen LogP contribution >= 0.6 is 11.6 Å². The number of aryl methyl sites for hydroxylation is 1. The molecule has 36 heavy (non-hydrogen) atoms. The van der Waals surface area contributed by atoms with Gasteiger partial charge in [-0.15, -0.1) is 5.06 Å². The number of unbranched alkanes of at least 4 members (excludes halogenated alkanes) is 2. The first-order chi connectivity index (χ1) is 17.2. The predicted octanol–water partition coefficient (Wildman–Crippen LogP) is 4.34. The molecule has 1 aromatic carbocycles. The Balaban J connectivity index is 1.31. The van der Waals surface area contributed by atoms with E-state index < -0.39 is 29.4 Å². The fraction of sp³-hybridized carbons (Fsp3) is 0.320. The summed E-state index contributed by atoms with van der Waals surface area (Å²) >= 11 is 6.17. The molecule has 4 rings (SSSR count). The number of rotatable bonds is 9. The summed E-state index contributed by atoms with van der Waals surface area (Å²) in [6.07, 6.45) is 2.70. The van der Waals surface area contributed by atoms with Crippen LogP contribution in [0.15, 0.2) is 44.0 Å². The fourth-order valence-corrected chi connectivity index (χ4v) is 3.94. The van der Waals surface area contributed by atoms with Gasteiger partial charge in [-0.2, -0.15) is 0 Å². The van der Waals surface area contributed by atoms with E-state index in [-0.39, 0.29) is 41.2 Å². The molecule has 0 aliphatic carbocycles. The summed E-state index contributed by atoms with van der Waals surface area (Å²) in [6.45, 7) is 1.24. The standard InChI is InChI=1S/C25H22ClNO9/c1-14(28)33-21-13-20-15(12-18(21)26)11-17(25(32)35-20)19-8-7-16(34-19)5-3-2-4-6-24(31)36-27-22(29)9-10-23(27)30/h7-8,11-13H,2-6,9-10H2,1H3. The number of hydrogen-bond donors (Lipinski definition) is 0. The third-order valence-electron chi connectivity index (χ3n) is 5.47. The number of carbonyl (C=O) groups is 4. The second kappa shape index (κ2) is 10.8. The van der Waals surface area contributed by atoms with Crippen LogP contribution in [-0.4, -0.2) is 28.8 Å². The van der Waals surface area contributed by atoms with Gasteiger partial charge in [0.25, 0.3) is 11.8 Å². The molecule has 188 valence electrons. The fourth-order valence-electron chi connectivity index (χ4n) is 3.73. The lowest BCUT2D eigenvalue weighted by Gasteiger charge is -2.12. The molecule has 2 amide bonds. The van der Waals surface area contributed by atoms with Crippen molar-refractivity contribution in [2.45, 2.75) is 51.9 Å². The molecule has 0 bridgehead atoms. The quantitative estimate of drug-likeness (QED) is 0.134. The first-order valence-electron chi connectivity index (χ1n) is 11.3. The first-order valence-corrected chi connectivity index (χ1v) is 11.7. The smallest absolute Gasteiger partial charge is 0.347 e. The van der Waals surface area contributed by atoms with E-state index in [0.29, 0.717) is 47.7 Å². The van der Waals surface area contributed by atoms with Crippen molar-refractivity contribution in [2.24, 2.45) is 0 Å². The molecule has 3 heterocycles. The average Bonchev–Trinajstić information content (AvgIpc) is 3.41. The van der Waals surface area contributed by atoms with Crippen molar-refractivity contribution >= 4 is 46.3 Å². The van der Waals surface area contributed by atoms with Crippen LogP contribution in [0.25, 0.3) is 22.3 Å². The third kappa shape index (κ3) is 5.83. The maximum Gasteiger partial charge on any atom is 0.347 e. The zero-order valence-corrected chi connectivity index (χ0v) is 20.1. The van der Waals surface area contributed by atoms with Crippen molar-refractivity contribution in [3.05, 3.63) is 51.5 Å². The molecule has 3 aromatic rings. The van der Waals surface area contributed by atoms with Crippen LogP contribution in [0.2, 0.25) is 5.02 Å². The number of esters is 1. The number of amides is 2. The number of carbonyl (C=O) groups excluding carboxylic acids is 4. The number of furan rings is 1. The molecule has 2 aromatic heterocycles. The number of hydrogen-bond acceptors (Lipinski definition) is 9. The molecule has 0 N–H and O–H groups in total. The van der Waals surface area contributed by atoms with E-state index in [1.165, 1.54) is 19.1 Å². The third-order valence-corrected chi connectivity index (χ3v) is 5.77. The number of fused-ring (bicyclic) bond motifs is 1. The SMILES string of the molecule is CC(=O)Oc1cc2oc(=O)c(-c3ccc(CCCCCC(=O)ON4C(=O)CCC4=O)o3)cc2cc1Cl. The summed E-state index contributed by atoms with van der Waals surface area (Å²) in [5.74, 6) is -1.09. The number of ether oxygens (including phenoxy) is 1. The normalized spacial score (nSPS) is 13.4. The van der Waals surface area contributed by atoms with Gasteiger partial charge in [0.2, 0.25) is 0 Å². The zero-order valence-electron chi connectivity index (χ0n) is 19.3. The lowest BCUT2D eigenvalue weighted by Crippen LogP contribution is -2.31. The molecule has 1 fully saturated rings. The lowest BCUT2D eigenvalue weighted by atomic mass is 10.1. The Kier molecular flexibility index (Phi) is 7.54. The highest BCUT2D eigenvalue weighted by atomic mass is 35.5. The van der Waals surface area contributed by atoms with Gasteiger partial charge in [0.15, 0.2) is 5.75 Å². The van der Waals surface area contributed by atoms with Gasteiger partial charge >= 0.3 is 17.6 Å². The van der Waals surface area contributed by atoms with Crippen LogP contribution in [0.4, 0.5) is 0 Å². The van der Waals surface area contributed by atoms with Crippen LogP contribution in [0.1, 0.15) is 51.2 Å². The Labute approximate surface area is 209 Å². The van der Waals surface area contributed by atoms with Gasteiger partial charge in [0.1, 0.15) is 22.7 Å². The van der Waals surface area contributed by atoms with E-state index >= 15 is 0 Å². The average molecular weight is 516 g/mol. The van der Waals surface area contributed by atoms with Crippen molar-refractivity contribution in [1.29, 1.82) is 0 Å². The Morgan fingerprint density at radius 3 is 2.47 bits per heavy atom. The second-order valence-corrected chi connectivity index (χ2v) is 8.64. The van der Waals surface area contributed by atoms with Gasteiger partial charge in [-0.25, -0.2) is 9.59 Å². The van der Waals surface area contributed by atoms with Gasteiger partial charge < -0.3 is 18.4 Å². The van der Waals surface area contributed by atoms with E-state index in [2.05, 4.69) is 0 Å². The van der Waals surface area contributed by atoms with Gasteiger partial charge in [0.05, 0.1) is 5.02 Å². The highest BCUT2D eigenvalue weighted by molar-refractivity contribution is 6.33. The molecule has 0 saturated carbocycles. The van der Waals surface area contributed by atoms with Gasteiger partial charge in [0, 0.05) is 44.1 Å². The minimum absolute atomic E-state index is 0.0587. The molecule has 11 heteroatoms. The highest BCUT2D eigenvalue weighted by Crippen LogP contribution is 2.32.